The van der Waals surface area contributed by atoms with Gasteiger partial charge in [-0.25, -0.2) is 4.98 Å². The monoisotopic (exact) mass is 326 g/mol. The van der Waals surface area contributed by atoms with Crippen molar-refractivity contribution in [3.63, 3.8) is 0 Å². The molecule has 0 fully saturated rings. The van der Waals surface area contributed by atoms with E-state index < -0.39 is 0 Å². The van der Waals surface area contributed by atoms with Crippen LogP contribution < -0.4 is 5.73 Å². The van der Waals surface area contributed by atoms with E-state index in [4.69, 9.17) is 5.73 Å². The molecule has 4 nitrogen and oxygen atoms in total. The van der Waals surface area contributed by atoms with Gasteiger partial charge in [0.25, 0.3) is 0 Å². The van der Waals surface area contributed by atoms with Crippen molar-refractivity contribution in [2.24, 2.45) is 0 Å². The van der Waals surface area contributed by atoms with E-state index in [1.54, 1.807) is 18.0 Å². The van der Waals surface area contributed by atoms with Crippen molar-refractivity contribution in [1.29, 1.82) is 0 Å². The average Bonchev–Trinajstić information content (AvgIpc) is 2.60. The van der Waals surface area contributed by atoms with Gasteiger partial charge in [-0.2, -0.15) is 5.10 Å². The van der Waals surface area contributed by atoms with Crippen LogP contribution in [0.5, 0.6) is 0 Å². The fourth-order valence-electron chi connectivity index (χ4n) is 1.51. The molecule has 96 valence electrons. The molecule has 2 rings (SSSR count). The van der Waals surface area contributed by atoms with Crippen LogP contribution in [0.25, 0.3) is 0 Å². The van der Waals surface area contributed by atoms with E-state index in [0.29, 0.717) is 0 Å². The molecule has 6 heteroatoms. The zero-order valence-corrected chi connectivity index (χ0v) is 12.9. The van der Waals surface area contributed by atoms with Crippen LogP contribution in [-0.2, 0) is 0 Å². The maximum Gasteiger partial charge on any atom is 0.124 e. The molecule has 0 radical (unpaired) electrons. The maximum atomic E-state index is 6.08. The molecule has 0 spiro atoms. The minimum absolute atomic E-state index is 0.277. The highest BCUT2D eigenvalue weighted by Crippen LogP contribution is 2.34. The van der Waals surface area contributed by atoms with Crippen molar-refractivity contribution < 1.29 is 0 Å². The van der Waals surface area contributed by atoms with Crippen molar-refractivity contribution >= 4 is 33.4 Å². The third-order valence-corrected chi connectivity index (χ3v) is 4.00. The van der Waals surface area contributed by atoms with Crippen molar-refractivity contribution in [2.75, 3.05) is 5.73 Å². The number of hydrogen-bond donors (Lipinski definition) is 1. The van der Waals surface area contributed by atoms with E-state index in [2.05, 4.69) is 39.9 Å². The lowest BCUT2D eigenvalue weighted by Crippen LogP contribution is -2.04. The summed E-state index contributed by atoms with van der Waals surface area (Å²) in [7, 11) is 0. The number of nitrogens with zero attached hydrogens (tertiary/aromatic N) is 3. The summed E-state index contributed by atoms with van der Waals surface area (Å²) in [5.41, 5.74) is 7.68. The first kappa shape index (κ1) is 13.4. The van der Waals surface area contributed by atoms with Crippen LogP contribution in [0.1, 0.15) is 25.6 Å². The fraction of sp³-hybridized carbons (Fsp3) is 0.333. The second-order valence-electron chi connectivity index (χ2n) is 4.26. The summed E-state index contributed by atoms with van der Waals surface area (Å²) in [6.07, 6.45) is 1.78. The second kappa shape index (κ2) is 5.32. The third-order valence-electron chi connectivity index (χ3n) is 2.48. The molecule has 2 aromatic heterocycles. The minimum Gasteiger partial charge on any atom is -0.395 e. The average molecular weight is 327 g/mol. The first-order valence-electron chi connectivity index (χ1n) is 5.63. The number of nitrogen functional groups attached to an aromatic ring is 1. The second-order valence-corrected chi connectivity index (χ2v) is 6.18. The molecule has 0 aliphatic carbocycles. The standard InChI is InChI=1S/C12H15BrN4S/c1-7(2)17-12(11(14)8(3)16-17)18-10-5-4-9(13)6-15-10/h4-7H,14H2,1-3H3. The lowest BCUT2D eigenvalue weighted by molar-refractivity contribution is 0.491. The van der Waals surface area contributed by atoms with Crippen molar-refractivity contribution in [1.82, 2.24) is 14.8 Å². The smallest absolute Gasteiger partial charge is 0.124 e. The van der Waals surface area contributed by atoms with Crippen LogP contribution in [0.15, 0.2) is 32.9 Å². The SMILES string of the molecule is Cc1nn(C(C)C)c(Sc2ccc(Br)cn2)c1N. The maximum absolute atomic E-state index is 6.08. The van der Waals surface area contributed by atoms with Gasteiger partial charge < -0.3 is 5.73 Å². The summed E-state index contributed by atoms with van der Waals surface area (Å²) in [5.74, 6) is 0. The number of hydrogen-bond acceptors (Lipinski definition) is 4. The molecule has 0 aliphatic heterocycles. The van der Waals surface area contributed by atoms with Gasteiger partial charge in [0.15, 0.2) is 0 Å². The van der Waals surface area contributed by atoms with E-state index in [1.807, 2.05) is 23.7 Å². The molecule has 0 saturated carbocycles. The van der Waals surface area contributed by atoms with E-state index >= 15 is 0 Å². The molecule has 2 heterocycles. The Hall–Kier alpha value is -1.01. The van der Waals surface area contributed by atoms with Gasteiger partial charge in [0.1, 0.15) is 10.1 Å². The molecule has 0 aromatic carbocycles. The molecule has 0 unspecified atom stereocenters. The summed E-state index contributed by atoms with van der Waals surface area (Å²) >= 11 is 4.92. The van der Waals surface area contributed by atoms with Gasteiger partial charge in [0.2, 0.25) is 0 Å². The first-order valence-corrected chi connectivity index (χ1v) is 7.24. The number of rotatable bonds is 3. The number of halogens is 1. The predicted octanol–water partition coefficient (Wildman–Crippen LogP) is 3.66. The highest BCUT2D eigenvalue weighted by atomic mass is 79.9. The number of aryl methyl sites for hydroxylation is 1. The van der Waals surface area contributed by atoms with Crippen LogP contribution in [-0.4, -0.2) is 14.8 Å². The largest absolute Gasteiger partial charge is 0.395 e. The molecule has 0 amide bonds. The molecular weight excluding hydrogens is 312 g/mol. The summed E-state index contributed by atoms with van der Waals surface area (Å²) in [6, 6.07) is 4.20. The highest BCUT2D eigenvalue weighted by molar-refractivity contribution is 9.10. The van der Waals surface area contributed by atoms with Crippen molar-refractivity contribution in [3.8, 4) is 0 Å². The molecule has 0 bridgehead atoms. The molecule has 0 aliphatic rings. The van der Waals surface area contributed by atoms with Gasteiger partial charge in [-0.05, 0) is 60.6 Å². The van der Waals surface area contributed by atoms with Gasteiger partial charge in [0.05, 0.1) is 11.4 Å². The molecule has 0 saturated heterocycles. The molecule has 18 heavy (non-hydrogen) atoms. The van der Waals surface area contributed by atoms with Crippen LogP contribution in [0.3, 0.4) is 0 Å². The number of nitrogens with two attached hydrogens (primary N) is 1. The third kappa shape index (κ3) is 2.70. The van der Waals surface area contributed by atoms with E-state index in [9.17, 15) is 0 Å². The van der Waals surface area contributed by atoms with Gasteiger partial charge in [-0.3, -0.25) is 4.68 Å². The summed E-state index contributed by atoms with van der Waals surface area (Å²) < 4.78 is 2.91. The van der Waals surface area contributed by atoms with Crippen LogP contribution >= 0.6 is 27.7 Å². The Balaban J connectivity index is 2.36. The van der Waals surface area contributed by atoms with E-state index in [1.165, 1.54) is 0 Å². The summed E-state index contributed by atoms with van der Waals surface area (Å²) in [4.78, 5) is 4.34. The predicted molar refractivity (Wildman–Crippen MR) is 77.8 cm³/mol. The topological polar surface area (TPSA) is 56.7 Å². The Morgan fingerprint density at radius 1 is 1.39 bits per heavy atom. The van der Waals surface area contributed by atoms with E-state index in [-0.39, 0.29) is 6.04 Å². The Morgan fingerprint density at radius 2 is 2.11 bits per heavy atom. The highest BCUT2D eigenvalue weighted by Gasteiger charge is 2.16. The molecule has 2 aromatic rings. The van der Waals surface area contributed by atoms with Gasteiger partial charge in [0, 0.05) is 16.7 Å². The Kier molecular flexibility index (Phi) is 3.97. The Bertz CT molecular complexity index is 548. The quantitative estimate of drug-likeness (QED) is 0.935. The van der Waals surface area contributed by atoms with Crippen LogP contribution in [0, 0.1) is 6.92 Å². The first-order chi connectivity index (χ1) is 8.49. The number of anilines is 1. The van der Waals surface area contributed by atoms with Gasteiger partial charge in [-0.1, -0.05) is 0 Å². The number of pyridine rings is 1. The van der Waals surface area contributed by atoms with Crippen molar-refractivity contribution in [2.45, 2.75) is 36.9 Å². The van der Waals surface area contributed by atoms with Crippen LogP contribution in [0.4, 0.5) is 5.69 Å². The summed E-state index contributed by atoms with van der Waals surface area (Å²) in [5, 5.41) is 6.32. The molecule has 2 N–H and O–H groups in total. The fourth-order valence-corrected chi connectivity index (χ4v) is 2.79. The Labute approximate surface area is 119 Å². The number of aromatic nitrogens is 3. The minimum atomic E-state index is 0.277. The van der Waals surface area contributed by atoms with Crippen LogP contribution in [0.2, 0.25) is 0 Å². The molecular formula is C12H15BrN4S. The zero-order valence-electron chi connectivity index (χ0n) is 10.5. The van der Waals surface area contributed by atoms with Gasteiger partial charge in [-0.15, -0.1) is 0 Å². The summed E-state index contributed by atoms with van der Waals surface area (Å²) in [6.45, 7) is 6.10. The van der Waals surface area contributed by atoms with E-state index in [0.717, 1.165) is 25.9 Å². The molecule has 0 atom stereocenters. The lowest BCUT2D eigenvalue weighted by atomic mass is 10.4. The Morgan fingerprint density at radius 3 is 2.67 bits per heavy atom. The lowest BCUT2D eigenvalue weighted by Gasteiger charge is -2.10. The van der Waals surface area contributed by atoms with Crippen molar-refractivity contribution in [3.05, 3.63) is 28.5 Å². The zero-order chi connectivity index (χ0) is 13.3. The normalized spacial score (nSPS) is 11.2. The van der Waals surface area contributed by atoms with Gasteiger partial charge >= 0.3 is 0 Å².